The molecule has 1 saturated heterocycles. The number of ether oxygens (including phenoxy) is 1. The molecule has 1 aliphatic heterocycles. The van der Waals surface area contributed by atoms with Crippen LogP contribution in [0.2, 0.25) is 0 Å². The first kappa shape index (κ1) is 28.9. The van der Waals surface area contributed by atoms with Gasteiger partial charge in [0.15, 0.2) is 0 Å². The Labute approximate surface area is 213 Å². The number of nitrogens with one attached hydrogen (secondary N) is 1. The number of thiazole rings is 1. The van der Waals surface area contributed by atoms with Crippen molar-refractivity contribution in [2.24, 2.45) is 0 Å². The Morgan fingerprint density at radius 2 is 1.56 bits per heavy atom. The second-order valence-electron chi connectivity index (χ2n) is 9.16. The van der Waals surface area contributed by atoms with Gasteiger partial charge in [0, 0.05) is 42.7 Å². The van der Waals surface area contributed by atoms with Crippen LogP contribution in [-0.2, 0) is 31.1 Å². The topological polar surface area (TPSA) is 149 Å². The number of carboxylic acid groups (broad SMARTS) is 2. The van der Waals surface area contributed by atoms with Crippen LogP contribution in [0, 0.1) is 0 Å². The third-order valence-electron chi connectivity index (χ3n) is 5.28. The second kappa shape index (κ2) is 13.1. The van der Waals surface area contributed by atoms with Crippen LogP contribution in [0.5, 0.6) is 0 Å². The number of carbonyl (C=O) groups is 4. The van der Waals surface area contributed by atoms with Crippen LogP contribution in [0.4, 0.5) is 5.69 Å². The summed E-state index contributed by atoms with van der Waals surface area (Å²) >= 11 is 1.73. The molecule has 1 aromatic heterocycles. The highest BCUT2D eigenvalue weighted by Gasteiger charge is 2.22. The highest BCUT2D eigenvalue weighted by Crippen LogP contribution is 2.24. The molecule has 3 N–H and O–H groups in total. The van der Waals surface area contributed by atoms with Crippen molar-refractivity contribution in [1.29, 1.82) is 0 Å². The number of hydrogen-bond acceptors (Lipinski definition) is 9. The van der Waals surface area contributed by atoms with Gasteiger partial charge in [-0.2, -0.15) is 0 Å². The van der Waals surface area contributed by atoms with E-state index in [1.54, 1.807) is 35.6 Å². The van der Waals surface area contributed by atoms with E-state index in [9.17, 15) is 9.59 Å². The van der Waals surface area contributed by atoms with Gasteiger partial charge in [-0.05, 0) is 24.3 Å². The number of amides is 1. The Bertz CT molecular complexity index is 1040. The second-order valence-corrected chi connectivity index (χ2v) is 10.1. The van der Waals surface area contributed by atoms with Crippen LogP contribution in [-0.4, -0.2) is 88.6 Å². The Morgan fingerprint density at radius 1 is 1.00 bits per heavy atom. The molecule has 0 atom stereocenters. The minimum absolute atomic E-state index is 0.0518. The van der Waals surface area contributed by atoms with Crippen molar-refractivity contribution >= 4 is 40.8 Å². The lowest BCUT2D eigenvalue weighted by atomic mass is 9.93. The summed E-state index contributed by atoms with van der Waals surface area (Å²) in [7, 11) is 1.35. The van der Waals surface area contributed by atoms with Crippen molar-refractivity contribution in [2.45, 2.75) is 32.7 Å². The van der Waals surface area contributed by atoms with Gasteiger partial charge in [0.1, 0.15) is 5.01 Å². The number of aliphatic carboxylic acids is 2. The highest BCUT2D eigenvalue weighted by atomic mass is 32.1. The molecule has 3 rings (SSSR count). The summed E-state index contributed by atoms with van der Waals surface area (Å²) in [6, 6.07) is 6.71. The van der Waals surface area contributed by atoms with Crippen LogP contribution in [0.25, 0.3) is 0 Å². The Kier molecular flexibility index (Phi) is 10.5. The van der Waals surface area contributed by atoms with E-state index in [-0.39, 0.29) is 11.3 Å². The fraction of sp³-hybridized carbons (Fsp3) is 0.458. The monoisotopic (exact) mass is 520 g/mol. The summed E-state index contributed by atoms with van der Waals surface area (Å²) in [5, 5.41) is 21.0. The summed E-state index contributed by atoms with van der Waals surface area (Å²) in [6.45, 7) is 11.3. The molecule has 2 heterocycles. The van der Waals surface area contributed by atoms with E-state index in [4.69, 9.17) is 24.8 Å². The Morgan fingerprint density at radius 3 is 2.03 bits per heavy atom. The average Bonchev–Trinajstić information content (AvgIpc) is 3.30. The van der Waals surface area contributed by atoms with E-state index in [1.807, 2.05) is 0 Å². The van der Waals surface area contributed by atoms with Gasteiger partial charge in [-0.15, -0.1) is 11.3 Å². The van der Waals surface area contributed by atoms with Crippen molar-refractivity contribution in [2.75, 3.05) is 45.2 Å². The van der Waals surface area contributed by atoms with Gasteiger partial charge in [0.05, 0.1) is 31.5 Å². The first-order chi connectivity index (χ1) is 16.9. The van der Waals surface area contributed by atoms with Crippen LogP contribution in [0.3, 0.4) is 0 Å². The Balaban J connectivity index is 0.000000678. The van der Waals surface area contributed by atoms with Crippen LogP contribution < -0.4 is 5.32 Å². The maximum absolute atomic E-state index is 12.4. The molecule has 1 aliphatic rings. The van der Waals surface area contributed by atoms with Gasteiger partial charge in [-0.25, -0.2) is 19.4 Å². The number of piperazine rings is 1. The molecule has 1 aromatic carbocycles. The molecule has 0 radical (unpaired) electrons. The van der Waals surface area contributed by atoms with Gasteiger partial charge in [-0.1, -0.05) is 20.8 Å². The zero-order chi connectivity index (χ0) is 26.9. The standard InChI is InChI=1S/C22H30N4O3S.C2H2O4/c1-22(2,3)18-15-30-20(24-18)14-26-11-9-25(10-12-26)13-19(27)23-17-7-5-16(6-8-17)21(28)29-4;3-1(4)2(5)6/h5-8,15H,9-14H2,1-4H3,(H,23,27);(H,3,4)(H,5,6). The van der Waals surface area contributed by atoms with Crippen LogP contribution in [0.15, 0.2) is 29.6 Å². The number of hydrogen-bond donors (Lipinski definition) is 3. The molecular weight excluding hydrogens is 488 g/mol. The quantitative estimate of drug-likeness (QED) is 0.382. The molecule has 2 aromatic rings. The summed E-state index contributed by atoms with van der Waals surface area (Å²) in [6.07, 6.45) is 0. The molecule has 36 heavy (non-hydrogen) atoms. The molecule has 1 amide bonds. The molecular formula is C24H32N4O7S. The summed E-state index contributed by atoms with van der Waals surface area (Å²) < 4.78 is 4.68. The van der Waals surface area contributed by atoms with Gasteiger partial charge < -0.3 is 20.3 Å². The molecule has 0 aliphatic carbocycles. The van der Waals surface area contributed by atoms with Crippen molar-refractivity contribution in [3.8, 4) is 0 Å². The number of nitrogens with zero attached hydrogens (tertiary/aromatic N) is 3. The highest BCUT2D eigenvalue weighted by molar-refractivity contribution is 7.09. The van der Waals surface area contributed by atoms with E-state index >= 15 is 0 Å². The fourth-order valence-electron chi connectivity index (χ4n) is 3.24. The van der Waals surface area contributed by atoms with E-state index in [2.05, 4.69) is 46.0 Å². The van der Waals surface area contributed by atoms with Gasteiger partial charge in [-0.3, -0.25) is 14.6 Å². The smallest absolute Gasteiger partial charge is 0.414 e. The van der Waals surface area contributed by atoms with Gasteiger partial charge in [0.2, 0.25) is 5.91 Å². The Hall–Kier alpha value is -3.35. The molecule has 0 unspecified atom stereocenters. The van der Waals surface area contributed by atoms with Crippen molar-refractivity contribution < 1.29 is 34.1 Å². The van der Waals surface area contributed by atoms with Crippen LogP contribution >= 0.6 is 11.3 Å². The SMILES string of the molecule is COC(=O)c1ccc(NC(=O)CN2CCN(Cc3nc(C(C)(C)C)cs3)CC2)cc1.O=C(O)C(=O)O. The first-order valence-electron chi connectivity index (χ1n) is 11.2. The average molecular weight is 521 g/mol. The maximum atomic E-state index is 12.4. The largest absolute Gasteiger partial charge is 0.473 e. The normalized spacial score (nSPS) is 14.3. The first-order valence-corrected chi connectivity index (χ1v) is 12.1. The number of rotatable bonds is 6. The number of carboxylic acids is 2. The summed E-state index contributed by atoms with van der Waals surface area (Å²) in [5.74, 6) is -4.09. The fourth-order valence-corrected chi connectivity index (χ4v) is 4.30. The molecule has 0 saturated carbocycles. The summed E-state index contributed by atoms with van der Waals surface area (Å²) in [4.78, 5) is 51.4. The number of methoxy groups -OCH3 is 1. The van der Waals surface area contributed by atoms with Gasteiger partial charge in [0.25, 0.3) is 0 Å². The molecule has 11 nitrogen and oxygen atoms in total. The molecule has 0 bridgehead atoms. The van der Waals surface area contributed by atoms with Crippen molar-refractivity contribution in [1.82, 2.24) is 14.8 Å². The lowest BCUT2D eigenvalue weighted by molar-refractivity contribution is -0.159. The van der Waals surface area contributed by atoms with E-state index in [1.165, 1.54) is 7.11 Å². The predicted molar refractivity (Wildman–Crippen MR) is 134 cm³/mol. The summed E-state index contributed by atoms with van der Waals surface area (Å²) in [5.41, 5.74) is 2.36. The number of aromatic nitrogens is 1. The molecule has 12 heteroatoms. The lowest BCUT2D eigenvalue weighted by Crippen LogP contribution is -2.48. The van der Waals surface area contributed by atoms with E-state index < -0.39 is 17.9 Å². The predicted octanol–water partition coefficient (Wildman–Crippen LogP) is 2.14. The van der Waals surface area contributed by atoms with Crippen LogP contribution in [0.1, 0.15) is 41.8 Å². The third-order valence-corrected chi connectivity index (χ3v) is 6.12. The number of benzene rings is 1. The lowest BCUT2D eigenvalue weighted by Gasteiger charge is -2.33. The zero-order valence-electron chi connectivity index (χ0n) is 20.8. The molecule has 196 valence electrons. The van der Waals surface area contributed by atoms with Crippen molar-refractivity contribution in [3.63, 3.8) is 0 Å². The minimum Gasteiger partial charge on any atom is -0.473 e. The zero-order valence-corrected chi connectivity index (χ0v) is 21.6. The third kappa shape index (κ3) is 9.36. The van der Waals surface area contributed by atoms with E-state index in [0.29, 0.717) is 17.8 Å². The number of anilines is 1. The van der Waals surface area contributed by atoms with E-state index in [0.717, 1.165) is 43.4 Å². The maximum Gasteiger partial charge on any atom is 0.414 e. The number of carbonyl (C=O) groups excluding carboxylic acids is 2. The van der Waals surface area contributed by atoms with Crippen molar-refractivity contribution in [3.05, 3.63) is 45.9 Å². The van der Waals surface area contributed by atoms with Gasteiger partial charge >= 0.3 is 17.9 Å². The molecule has 1 fully saturated rings. The molecule has 0 spiro atoms. The number of esters is 1. The minimum atomic E-state index is -1.82.